The van der Waals surface area contributed by atoms with Gasteiger partial charge in [0, 0.05) is 24.2 Å². The Labute approximate surface area is 133 Å². The van der Waals surface area contributed by atoms with Gasteiger partial charge in [-0.25, -0.2) is 10.4 Å². The Morgan fingerprint density at radius 2 is 1.96 bits per heavy atom. The molecular formula is C17H16N4O2. The van der Waals surface area contributed by atoms with Crippen LogP contribution in [0.4, 0.5) is 0 Å². The molecule has 3 atom stereocenters. The van der Waals surface area contributed by atoms with Gasteiger partial charge in [0.2, 0.25) is 0 Å². The number of rotatable bonds is 2. The van der Waals surface area contributed by atoms with Crippen LogP contribution in [-0.2, 0) is 4.79 Å². The van der Waals surface area contributed by atoms with Crippen LogP contribution < -0.4 is 10.7 Å². The second-order valence-electron chi connectivity index (χ2n) is 5.61. The molecule has 116 valence electrons. The second kappa shape index (κ2) is 5.49. The summed E-state index contributed by atoms with van der Waals surface area (Å²) in [5, 5.41) is 15.1. The number of nitrogens with zero attached hydrogens (tertiary/aromatic N) is 2. The SMILES string of the molecule is O=C1C=C(c2ccccc2)NC2C(c3cccnc3)C(O)NN12. The molecule has 0 bridgehead atoms. The average molecular weight is 308 g/mol. The molecule has 0 spiro atoms. The molecular weight excluding hydrogens is 292 g/mol. The van der Waals surface area contributed by atoms with Crippen molar-refractivity contribution in [3.8, 4) is 0 Å². The van der Waals surface area contributed by atoms with Gasteiger partial charge in [0.05, 0.1) is 5.92 Å². The summed E-state index contributed by atoms with van der Waals surface area (Å²) in [7, 11) is 0. The largest absolute Gasteiger partial charge is 0.376 e. The van der Waals surface area contributed by atoms with E-state index in [1.165, 1.54) is 11.1 Å². The van der Waals surface area contributed by atoms with Crippen LogP contribution in [0.15, 0.2) is 60.9 Å². The molecule has 4 rings (SSSR count). The van der Waals surface area contributed by atoms with Crippen molar-refractivity contribution >= 4 is 11.6 Å². The summed E-state index contributed by atoms with van der Waals surface area (Å²) in [6.07, 6.45) is 3.71. The molecule has 0 radical (unpaired) electrons. The van der Waals surface area contributed by atoms with Crippen LogP contribution in [-0.4, -0.2) is 33.4 Å². The van der Waals surface area contributed by atoms with Gasteiger partial charge in [-0.3, -0.25) is 9.78 Å². The molecule has 3 heterocycles. The third kappa shape index (κ3) is 2.38. The number of aliphatic hydroxyl groups excluding tert-OH is 1. The van der Waals surface area contributed by atoms with Crippen molar-refractivity contribution < 1.29 is 9.90 Å². The molecule has 1 aromatic carbocycles. The highest BCUT2D eigenvalue weighted by molar-refractivity contribution is 5.96. The third-order valence-electron chi connectivity index (χ3n) is 4.19. The van der Waals surface area contributed by atoms with E-state index in [0.29, 0.717) is 0 Å². The van der Waals surface area contributed by atoms with Crippen LogP contribution >= 0.6 is 0 Å². The Balaban J connectivity index is 1.70. The molecule has 1 fully saturated rings. The van der Waals surface area contributed by atoms with Crippen LogP contribution in [0.3, 0.4) is 0 Å². The van der Waals surface area contributed by atoms with Crippen LogP contribution in [0.1, 0.15) is 17.0 Å². The molecule has 6 nitrogen and oxygen atoms in total. The minimum absolute atomic E-state index is 0.182. The zero-order chi connectivity index (χ0) is 15.8. The molecule has 6 heteroatoms. The number of carbonyl (C=O) groups excluding carboxylic acids is 1. The maximum Gasteiger partial charge on any atom is 0.264 e. The lowest BCUT2D eigenvalue weighted by atomic mass is 9.95. The third-order valence-corrected chi connectivity index (χ3v) is 4.19. The summed E-state index contributed by atoms with van der Waals surface area (Å²) in [6, 6.07) is 13.4. The first kappa shape index (κ1) is 13.9. The lowest BCUT2D eigenvalue weighted by Gasteiger charge is -2.32. The first-order valence-corrected chi connectivity index (χ1v) is 7.45. The number of amides is 1. The molecule has 1 amide bonds. The first-order chi connectivity index (χ1) is 11.2. The van der Waals surface area contributed by atoms with Crippen molar-refractivity contribution in [2.75, 3.05) is 0 Å². The number of aliphatic hydroxyl groups is 1. The molecule has 3 unspecified atom stereocenters. The highest BCUT2D eigenvalue weighted by Gasteiger charge is 2.46. The molecule has 0 aliphatic carbocycles. The smallest absolute Gasteiger partial charge is 0.264 e. The van der Waals surface area contributed by atoms with Crippen LogP contribution in [0.2, 0.25) is 0 Å². The number of benzene rings is 1. The number of hydrogen-bond acceptors (Lipinski definition) is 5. The number of hydrazine groups is 1. The van der Waals surface area contributed by atoms with Crippen LogP contribution in [0, 0.1) is 0 Å². The summed E-state index contributed by atoms with van der Waals surface area (Å²) in [5.41, 5.74) is 5.39. The van der Waals surface area contributed by atoms with Gasteiger partial charge in [-0.2, -0.15) is 0 Å². The van der Waals surface area contributed by atoms with Gasteiger partial charge in [0.25, 0.3) is 5.91 Å². The fourth-order valence-corrected chi connectivity index (χ4v) is 3.11. The van der Waals surface area contributed by atoms with Gasteiger partial charge >= 0.3 is 0 Å². The number of nitrogens with one attached hydrogen (secondary N) is 2. The van der Waals surface area contributed by atoms with E-state index in [1.54, 1.807) is 12.4 Å². The summed E-state index contributed by atoms with van der Waals surface area (Å²) >= 11 is 0. The Morgan fingerprint density at radius 3 is 2.70 bits per heavy atom. The van der Waals surface area contributed by atoms with Gasteiger partial charge in [-0.05, 0) is 17.2 Å². The average Bonchev–Trinajstić information content (AvgIpc) is 2.93. The van der Waals surface area contributed by atoms with Crippen molar-refractivity contribution in [1.82, 2.24) is 20.7 Å². The monoisotopic (exact) mass is 308 g/mol. The van der Waals surface area contributed by atoms with Gasteiger partial charge in [0.15, 0.2) is 0 Å². The van der Waals surface area contributed by atoms with E-state index in [9.17, 15) is 9.90 Å². The van der Waals surface area contributed by atoms with Gasteiger partial charge in [-0.15, -0.1) is 0 Å². The van der Waals surface area contributed by atoms with Crippen molar-refractivity contribution in [3.63, 3.8) is 0 Å². The van der Waals surface area contributed by atoms with E-state index in [1.807, 2.05) is 42.5 Å². The predicted octanol–water partition coefficient (Wildman–Crippen LogP) is 0.801. The maximum atomic E-state index is 12.4. The molecule has 3 N–H and O–H groups in total. The number of aromatic nitrogens is 1. The fraction of sp³-hybridized carbons (Fsp3) is 0.176. The van der Waals surface area contributed by atoms with Gasteiger partial charge in [-0.1, -0.05) is 36.4 Å². The van der Waals surface area contributed by atoms with E-state index in [0.717, 1.165) is 16.8 Å². The topological polar surface area (TPSA) is 77.5 Å². The summed E-state index contributed by atoms with van der Waals surface area (Å²) in [4.78, 5) is 16.5. The fourth-order valence-electron chi connectivity index (χ4n) is 3.11. The molecule has 23 heavy (non-hydrogen) atoms. The minimum Gasteiger partial charge on any atom is -0.376 e. The normalized spacial score (nSPS) is 26.5. The van der Waals surface area contributed by atoms with Gasteiger partial charge < -0.3 is 10.4 Å². The predicted molar refractivity (Wildman–Crippen MR) is 84.3 cm³/mol. The van der Waals surface area contributed by atoms with Crippen LogP contribution in [0.25, 0.3) is 5.70 Å². The standard InChI is InChI=1S/C17H16N4O2/c22-14-9-13(11-5-2-1-3-6-11)19-16-15(17(23)20-21(14)16)12-7-4-8-18-10-12/h1-10,15-17,19-20,23H. The molecule has 1 aromatic heterocycles. The minimum atomic E-state index is -0.857. The zero-order valence-corrected chi connectivity index (χ0v) is 12.3. The Morgan fingerprint density at radius 1 is 1.13 bits per heavy atom. The molecule has 2 aromatic rings. The van der Waals surface area contributed by atoms with Crippen LogP contribution in [0.5, 0.6) is 0 Å². The Kier molecular flexibility index (Phi) is 3.33. The maximum absolute atomic E-state index is 12.4. The van der Waals surface area contributed by atoms with Crippen molar-refractivity contribution in [3.05, 3.63) is 72.1 Å². The van der Waals surface area contributed by atoms with Crippen molar-refractivity contribution in [1.29, 1.82) is 0 Å². The summed E-state index contributed by atoms with van der Waals surface area (Å²) < 4.78 is 0. The van der Waals surface area contributed by atoms with E-state index in [2.05, 4.69) is 15.7 Å². The summed E-state index contributed by atoms with van der Waals surface area (Å²) in [5.74, 6) is -0.488. The van der Waals surface area contributed by atoms with E-state index < -0.39 is 6.23 Å². The number of hydrogen-bond donors (Lipinski definition) is 3. The number of fused-ring (bicyclic) bond motifs is 1. The van der Waals surface area contributed by atoms with Crippen molar-refractivity contribution in [2.24, 2.45) is 0 Å². The first-order valence-electron chi connectivity index (χ1n) is 7.45. The quantitative estimate of drug-likeness (QED) is 0.765. The van der Waals surface area contributed by atoms with Crippen molar-refractivity contribution in [2.45, 2.75) is 18.3 Å². The van der Waals surface area contributed by atoms with E-state index >= 15 is 0 Å². The highest BCUT2D eigenvalue weighted by atomic mass is 16.3. The molecule has 2 aliphatic rings. The Bertz CT molecular complexity index is 748. The molecule has 2 aliphatic heterocycles. The van der Waals surface area contributed by atoms with E-state index in [4.69, 9.17) is 0 Å². The molecule has 1 saturated heterocycles. The zero-order valence-electron chi connectivity index (χ0n) is 12.3. The summed E-state index contributed by atoms with van der Waals surface area (Å²) in [6.45, 7) is 0. The second-order valence-corrected chi connectivity index (χ2v) is 5.61. The lowest BCUT2D eigenvalue weighted by Crippen LogP contribution is -2.52. The number of pyridine rings is 1. The molecule has 0 saturated carbocycles. The number of carbonyl (C=O) groups is 1. The lowest BCUT2D eigenvalue weighted by molar-refractivity contribution is -0.131. The van der Waals surface area contributed by atoms with Gasteiger partial charge in [0.1, 0.15) is 12.4 Å². The van der Waals surface area contributed by atoms with E-state index in [-0.39, 0.29) is 18.0 Å². The highest BCUT2D eigenvalue weighted by Crippen LogP contribution is 2.33. The Hall–Kier alpha value is -2.70.